The third-order valence-corrected chi connectivity index (χ3v) is 17.0. The number of carbonyl (C=O) groups is 4. The Morgan fingerprint density at radius 2 is 1.00 bits per heavy atom. The summed E-state index contributed by atoms with van der Waals surface area (Å²) in [7, 11) is -7.18. The maximum Gasteiger partial charge on any atom is 0.407 e. The molecule has 0 spiro atoms. The van der Waals surface area contributed by atoms with Crippen molar-refractivity contribution in [3.63, 3.8) is 0 Å². The molecule has 2 atom stereocenters. The third-order valence-electron chi connectivity index (χ3n) is 15.0. The number of nitrogens with zero attached hydrogens (tertiary/aromatic N) is 9. The summed E-state index contributed by atoms with van der Waals surface area (Å²) in [4.78, 5) is 66.0. The average molecular weight is 1340 g/mol. The highest BCUT2D eigenvalue weighted by Gasteiger charge is 2.35. The molecule has 24 nitrogen and oxygen atoms in total. The number of aryl methyl sites for hydroxylation is 2. The molecule has 8 heterocycles. The second-order valence-electron chi connectivity index (χ2n) is 24.9. The molecule has 0 radical (unpaired) electrons. The Kier molecular flexibility index (Phi) is 23.4. The summed E-state index contributed by atoms with van der Waals surface area (Å²) in [5.74, 6) is 0.248. The highest BCUT2D eigenvalue weighted by Crippen LogP contribution is 2.37. The highest BCUT2D eigenvalue weighted by molar-refractivity contribution is 7.92. The van der Waals surface area contributed by atoms with E-state index in [-0.39, 0.29) is 72.0 Å². The molecule has 0 saturated carbocycles. The van der Waals surface area contributed by atoms with Gasteiger partial charge in [0.2, 0.25) is 20.0 Å². The predicted molar refractivity (Wildman–Crippen MR) is 352 cm³/mol. The van der Waals surface area contributed by atoms with Gasteiger partial charge in [0.25, 0.3) is 11.8 Å². The van der Waals surface area contributed by atoms with Crippen LogP contribution in [-0.2, 0) is 29.5 Å². The number of alkyl carbamates (subject to hydrolysis) is 2. The van der Waals surface area contributed by atoms with Gasteiger partial charge in [-0.2, -0.15) is 10.2 Å². The summed E-state index contributed by atoms with van der Waals surface area (Å²) in [6.45, 7) is 19.4. The molecule has 4 aliphatic heterocycles. The van der Waals surface area contributed by atoms with E-state index in [1.807, 2.05) is 73.7 Å². The summed E-state index contributed by atoms with van der Waals surface area (Å²) in [5, 5.41) is 19.6. The lowest BCUT2D eigenvalue weighted by molar-refractivity contribution is 0.0484. The number of carbonyl (C=O) groups excluding carboxylic acids is 4. The van der Waals surface area contributed by atoms with Crippen molar-refractivity contribution >= 4 is 107 Å². The van der Waals surface area contributed by atoms with Crippen LogP contribution in [0.25, 0.3) is 11.3 Å². The van der Waals surface area contributed by atoms with Gasteiger partial charge in [-0.25, -0.2) is 45.4 Å². The molecule has 0 aliphatic carbocycles. The van der Waals surface area contributed by atoms with Gasteiger partial charge < -0.3 is 40.1 Å². The number of fused-ring (bicyclic) bond motifs is 2. The van der Waals surface area contributed by atoms with Gasteiger partial charge in [-0.05, 0) is 169 Å². The number of sulfonamides is 2. The number of anilines is 3. The van der Waals surface area contributed by atoms with Crippen LogP contribution >= 0.6 is 34.8 Å². The van der Waals surface area contributed by atoms with Crippen LogP contribution < -0.4 is 30.3 Å². The van der Waals surface area contributed by atoms with Gasteiger partial charge in [0.05, 0.1) is 58.5 Å². The number of hydrogen-bond acceptors (Lipinski definition) is 16. The van der Waals surface area contributed by atoms with Crippen LogP contribution in [0.15, 0.2) is 60.9 Å². The van der Waals surface area contributed by atoms with Gasteiger partial charge in [0.1, 0.15) is 22.2 Å². The maximum atomic E-state index is 13.9. The maximum absolute atomic E-state index is 13.9. The topological polar surface area (TPSA) is 285 Å². The van der Waals surface area contributed by atoms with Crippen molar-refractivity contribution in [2.24, 2.45) is 0 Å². The Balaban J connectivity index is 0.000000216. The fourth-order valence-corrected chi connectivity index (χ4v) is 12.7. The molecule has 4 aromatic heterocycles. The molecule has 90 heavy (non-hydrogen) atoms. The first-order valence-corrected chi connectivity index (χ1v) is 34.7. The number of likely N-dealkylation sites (tertiary alicyclic amines) is 2. The Bertz CT molecular complexity index is 3750. The summed E-state index contributed by atoms with van der Waals surface area (Å²) in [6.07, 6.45) is 13.6. The third kappa shape index (κ3) is 19.7. The van der Waals surface area contributed by atoms with Crippen molar-refractivity contribution in [2.45, 2.75) is 162 Å². The van der Waals surface area contributed by atoms with Crippen molar-refractivity contribution in [2.75, 3.05) is 66.1 Å². The molecular weight excluding hydrogens is 1260 g/mol. The number of ether oxygens (including phenoxy) is 2. The molecule has 10 rings (SSSR count). The van der Waals surface area contributed by atoms with Crippen molar-refractivity contribution in [1.29, 1.82) is 0 Å². The van der Waals surface area contributed by atoms with E-state index in [0.717, 1.165) is 126 Å². The Labute approximate surface area is 542 Å². The number of amides is 4. The lowest BCUT2D eigenvalue weighted by atomic mass is 9.98. The molecule has 4 fully saturated rings. The summed E-state index contributed by atoms with van der Waals surface area (Å²) < 4.78 is 66.3. The van der Waals surface area contributed by atoms with Crippen LogP contribution in [0, 0.1) is 13.8 Å². The first-order chi connectivity index (χ1) is 41.8. The lowest BCUT2D eigenvalue weighted by Gasteiger charge is -2.35. The smallest absolute Gasteiger partial charge is 0.407 e. The predicted octanol–water partition coefficient (Wildman–Crippen LogP) is 10.9. The quantitative estimate of drug-likeness (QED) is 0.0754. The molecule has 4 saturated heterocycles. The molecule has 0 bridgehead atoms. The second kappa shape index (κ2) is 29.7. The summed E-state index contributed by atoms with van der Waals surface area (Å²) >= 11 is 18.5. The van der Waals surface area contributed by atoms with Crippen LogP contribution in [0.3, 0.4) is 0 Å². The Morgan fingerprint density at radius 3 is 1.43 bits per heavy atom. The Morgan fingerprint density at radius 1 is 0.578 bits per heavy atom. The molecule has 4 aliphatic rings. The van der Waals surface area contributed by atoms with Crippen LogP contribution in [0.5, 0.6) is 0 Å². The van der Waals surface area contributed by atoms with Crippen LogP contribution in [-0.4, -0.2) is 155 Å². The number of piperidine rings is 4. The lowest BCUT2D eigenvalue weighted by Crippen LogP contribution is -2.46. The summed E-state index contributed by atoms with van der Waals surface area (Å²) in [6, 6.07) is 12.5. The minimum absolute atomic E-state index is 0. The van der Waals surface area contributed by atoms with Gasteiger partial charge in [0.15, 0.2) is 11.3 Å². The molecule has 2 aromatic carbocycles. The van der Waals surface area contributed by atoms with Crippen molar-refractivity contribution in [1.82, 2.24) is 54.9 Å². The van der Waals surface area contributed by atoms with Crippen LogP contribution in [0.4, 0.5) is 26.8 Å². The Hall–Kier alpha value is -6.71. The number of aromatic nitrogens is 6. The fraction of sp³-hybridized carbons (Fsp3) is 0.541. The summed E-state index contributed by atoms with van der Waals surface area (Å²) in [5.41, 5.74) is 4.31. The standard InChI is InChI=1S/C30H40ClN7O5S.C20H21Cl2N5O3S.C10H20N2O2.CH4/c1-19-18-38-26(33-27(19)36-14-11-21(12-15-36)32-29(40)43-30(2,3)4)17-24(34-38)25-8-6-7-13-37(25)28(39)22-16-20(31)9-10-23(22)35-44(5,41)42;1-12-11-27-18(23-19(12)22)10-16(24-27)17-5-3-4-8-26(17)20(28)14-9-13(21)6-7-15(14)25-31(2,29)30;1-10(2,3)14-9(13)12-8-4-6-11-7-5-8;/h9-10,16-18,21,25,35H,6-8,11-15H2,1-5H3,(H,32,40);6-7,9-11,17,25H,3-5,8H2,1-2H3;8,11H,4-7H2,1-3H3,(H,12,13);1H4/t25-;17-;;/m00../s1. The zero-order valence-electron chi connectivity index (χ0n) is 52.0. The van der Waals surface area contributed by atoms with Gasteiger partial charge in [-0.1, -0.05) is 42.2 Å². The minimum atomic E-state index is -3.61. The molecule has 492 valence electrons. The van der Waals surface area contributed by atoms with E-state index >= 15 is 0 Å². The van der Waals surface area contributed by atoms with Crippen LogP contribution in [0.1, 0.15) is 168 Å². The first kappa shape index (κ1) is 70.7. The second-order valence-corrected chi connectivity index (χ2v) is 29.7. The average Bonchev–Trinajstić information content (AvgIpc) is 2.00. The zero-order valence-corrected chi connectivity index (χ0v) is 55.9. The van der Waals surface area contributed by atoms with E-state index in [4.69, 9.17) is 54.4 Å². The number of halogens is 3. The van der Waals surface area contributed by atoms with E-state index < -0.39 is 37.3 Å². The molecule has 0 unspecified atom stereocenters. The first-order valence-electron chi connectivity index (χ1n) is 29.8. The molecular formula is C61H85Cl3N14O10S2. The molecule has 5 N–H and O–H groups in total. The van der Waals surface area contributed by atoms with E-state index in [0.29, 0.717) is 45.3 Å². The fourth-order valence-electron chi connectivity index (χ4n) is 11.1. The van der Waals surface area contributed by atoms with E-state index in [1.165, 1.54) is 24.3 Å². The highest BCUT2D eigenvalue weighted by atomic mass is 35.5. The normalized spacial score (nSPS) is 17.9. The monoisotopic (exact) mass is 1340 g/mol. The van der Waals surface area contributed by atoms with Crippen molar-refractivity contribution in [3.05, 3.63) is 110 Å². The van der Waals surface area contributed by atoms with Gasteiger partial charge in [0, 0.05) is 84.0 Å². The van der Waals surface area contributed by atoms with Crippen molar-refractivity contribution in [3.8, 4) is 0 Å². The van der Waals surface area contributed by atoms with E-state index in [2.05, 4.69) is 40.4 Å². The van der Waals surface area contributed by atoms with E-state index in [1.54, 1.807) is 37.2 Å². The van der Waals surface area contributed by atoms with Crippen LogP contribution in [0.2, 0.25) is 15.2 Å². The number of rotatable bonds is 11. The van der Waals surface area contributed by atoms with Crippen molar-refractivity contribution < 1.29 is 45.5 Å². The molecule has 4 amide bonds. The number of hydrogen-bond donors (Lipinski definition) is 5. The van der Waals surface area contributed by atoms with Gasteiger partial charge >= 0.3 is 12.2 Å². The largest absolute Gasteiger partial charge is 0.444 e. The molecule has 6 aromatic rings. The number of benzene rings is 2. The SMILES string of the molecule is C.CC(C)(C)OC(=O)NC1CCNCC1.Cc1cn2nc([C@@H]3CCCCN3C(=O)c3cc(Cl)ccc3NS(C)(=O)=O)cc2nc1Cl.Cc1cn2nc([C@@H]3CCCCN3C(=O)c3cc(Cl)ccc3NS(C)(=O)=O)cc2nc1N1CCC(NC(=O)OC(C)(C)C)CC1. The molecule has 29 heteroatoms. The minimum Gasteiger partial charge on any atom is -0.444 e. The van der Waals surface area contributed by atoms with Gasteiger partial charge in [-0.15, -0.1) is 0 Å². The number of nitrogens with one attached hydrogen (secondary N) is 5. The van der Waals surface area contributed by atoms with Gasteiger partial charge in [-0.3, -0.25) is 19.0 Å². The zero-order chi connectivity index (χ0) is 64.8. The van der Waals surface area contributed by atoms with E-state index in [9.17, 15) is 36.0 Å².